The Balaban J connectivity index is 2.53. The minimum absolute atomic E-state index is 0.0225. The second-order valence-electron chi connectivity index (χ2n) is 5.07. The maximum Gasteiger partial charge on any atom is 0.123 e. The van der Waals surface area contributed by atoms with Gasteiger partial charge in [-0.25, -0.2) is 4.39 Å². The zero-order valence-electron chi connectivity index (χ0n) is 11.9. The fourth-order valence-corrected chi connectivity index (χ4v) is 2.52. The molecule has 0 bridgehead atoms. The Hall–Kier alpha value is -1.67. The fourth-order valence-electron chi connectivity index (χ4n) is 2.52. The highest BCUT2D eigenvalue weighted by atomic mass is 19.1. The summed E-state index contributed by atoms with van der Waals surface area (Å²) in [6, 6.07) is 11.5. The monoisotopic (exact) mass is 257 g/mol. The van der Waals surface area contributed by atoms with Gasteiger partial charge in [0.2, 0.25) is 0 Å². The lowest BCUT2D eigenvalue weighted by molar-refractivity contribution is 0.614. The minimum atomic E-state index is -0.180. The summed E-state index contributed by atoms with van der Waals surface area (Å²) in [4.78, 5) is 0. The van der Waals surface area contributed by atoms with E-state index in [0.717, 1.165) is 11.1 Å². The Morgan fingerprint density at radius 3 is 2.42 bits per heavy atom. The van der Waals surface area contributed by atoms with Crippen LogP contribution in [0.15, 0.2) is 36.4 Å². The molecule has 0 aliphatic rings. The zero-order valence-corrected chi connectivity index (χ0v) is 11.9. The summed E-state index contributed by atoms with van der Waals surface area (Å²) in [6.07, 6.45) is 0. The Morgan fingerprint density at radius 1 is 1.05 bits per heavy atom. The topological polar surface area (TPSA) is 12.0 Å². The van der Waals surface area contributed by atoms with E-state index < -0.39 is 0 Å². The van der Waals surface area contributed by atoms with Crippen LogP contribution in [0, 0.1) is 26.6 Å². The summed E-state index contributed by atoms with van der Waals surface area (Å²) in [7, 11) is 1.91. The van der Waals surface area contributed by atoms with E-state index in [9.17, 15) is 4.39 Å². The first-order valence-corrected chi connectivity index (χ1v) is 6.53. The van der Waals surface area contributed by atoms with Crippen molar-refractivity contribution in [3.05, 3.63) is 70.0 Å². The molecule has 0 saturated heterocycles. The molecule has 1 N–H and O–H groups in total. The Morgan fingerprint density at radius 2 is 1.79 bits per heavy atom. The van der Waals surface area contributed by atoms with Gasteiger partial charge in [-0.05, 0) is 67.8 Å². The summed E-state index contributed by atoms with van der Waals surface area (Å²) >= 11 is 0. The molecule has 0 radical (unpaired) electrons. The summed E-state index contributed by atoms with van der Waals surface area (Å²) in [5.41, 5.74) is 5.62. The summed E-state index contributed by atoms with van der Waals surface area (Å²) in [5.74, 6) is -0.180. The molecule has 0 fully saturated rings. The third kappa shape index (κ3) is 2.85. The summed E-state index contributed by atoms with van der Waals surface area (Å²) in [6.45, 7) is 6.13. The van der Waals surface area contributed by atoms with Crippen molar-refractivity contribution >= 4 is 0 Å². The van der Waals surface area contributed by atoms with Crippen LogP contribution in [-0.4, -0.2) is 7.05 Å². The number of hydrogen-bond acceptors (Lipinski definition) is 1. The van der Waals surface area contributed by atoms with E-state index >= 15 is 0 Å². The van der Waals surface area contributed by atoms with Crippen molar-refractivity contribution in [2.24, 2.45) is 0 Å². The first-order chi connectivity index (χ1) is 9.02. The third-order valence-corrected chi connectivity index (χ3v) is 3.64. The van der Waals surface area contributed by atoms with Gasteiger partial charge in [0.05, 0.1) is 6.04 Å². The van der Waals surface area contributed by atoms with Crippen LogP contribution < -0.4 is 5.32 Å². The van der Waals surface area contributed by atoms with Gasteiger partial charge in [-0.2, -0.15) is 0 Å². The van der Waals surface area contributed by atoms with Crippen molar-refractivity contribution < 1.29 is 4.39 Å². The average molecular weight is 257 g/mol. The molecule has 1 atom stereocenters. The molecule has 0 aliphatic carbocycles. The van der Waals surface area contributed by atoms with Gasteiger partial charge >= 0.3 is 0 Å². The van der Waals surface area contributed by atoms with Gasteiger partial charge in [0.15, 0.2) is 0 Å². The molecule has 0 spiro atoms. The van der Waals surface area contributed by atoms with Gasteiger partial charge in [0.1, 0.15) is 5.82 Å². The van der Waals surface area contributed by atoms with Crippen LogP contribution >= 0.6 is 0 Å². The average Bonchev–Trinajstić information content (AvgIpc) is 2.34. The molecule has 2 aromatic rings. The van der Waals surface area contributed by atoms with E-state index in [-0.39, 0.29) is 11.9 Å². The normalized spacial score (nSPS) is 12.5. The van der Waals surface area contributed by atoms with Gasteiger partial charge in [-0.1, -0.05) is 24.3 Å². The molecular weight excluding hydrogens is 237 g/mol. The number of hydrogen-bond donors (Lipinski definition) is 1. The quantitative estimate of drug-likeness (QED) is 0.874. The van der Waals surface area contributed by atoms with Crippen molar-refractivity contribution in [1.82, 2.24) is 5.32 Å². The van der Waals surface area contributed by atoms with Crippen LogP contribution in [0.2, 0.25) is 0 Å². The Kier molecular flexibility index (Phi) is 4.01. The molecule has 0 saturated carbocycles. The molecule has 0 amide bonds. The molecule has 100 valence electrons. The van der Waals surface area contributed by atoms with E-state index in [0.29, 0.717) is 0 Å². The Labute approximate surface area is 114 Å². The molecule has 0 aromatic heterocycles. The number of benzene rings is 2. The molecule has 1 nitrogen and oxygen atoms in total. The van der Waals surface area contributed by atoms with Crippen LogP contribution in [0.4, 0.5) is 4.39 Å². The second-order valence-corrected chi connectivity index (χ2v) is 5.07. The van der Waals surface area contributed by atoms with E-state index in [2.05, 4.69) is 31.3 Å². The number of halogens is 1. The van der Waals surface area contributed by atoms with Crippen LogP contribution in [0.3, 0.4) is 0 Å². The number of rotatable bonds is 3. The standard InChI is InChI=1S/C17H20FN/c1-11-8-14(10-15(18)9-11)17(19-4)16-7-5-6-12(2)13(16)3/h5-10,17,19H,1-4H3. The van der Waals surface area contributed by atoms with Crippen molar-refractivity contribution in [1.29, 1.82) is 0 Å². The maximum absolute atomic E-state index is 13.6. The summed E-state index contributed by atoms with van der Waals surface area (Å²) in [5, 5.41) is 3.29. The molecule has 2 rings (SSSR count). The van der Waals surface area contributed by atoms with Gasteiger partial charge in [-0.3, -0.25) is 0 Å². The van der Waals surface area contributed by atoms with Crippen molar-refractivity contribution in [2.45, 2.75) is 26.8 Å². The highest BCUT2D eigenvalue weighted by molar-refractivity contribution is 5.41. The lowest BCUT2D eigenvalue weighted by Gasteiger charge is -2.21. The first kappa shape index (κ1) is 13.8. The van der Waals surface area contributed by atoms with Crippen molar-refractivity contribution in [3.63, 3.8) is 0 Å². The number of aryl methyl sites for hydroxylation is 2. The van der Waals surface area contributed by atoms with E-state index in [1.165, 1.54) is 16.7 Å². The molecule has 2 heteroatoms. The molecule has 0 heterocycles. The van der Waals surface area contributed by atoms with Gasteiger partial charge in [0, 0.05) is 0 Å². The lowest BCUT2D eigenvalue weighted by atomic mass is 9.92. The Bertz CT molecular complexity index is 570. The highest BCUT2D eigenvalue weighted by Crippen LogP contribution is 2.27. The third-order valence-electron chi connectivity index (χ3n) is 3.64. The van der Waals surface area contributed by atoms with Crippen LogP contribution in [0.25, 0.3) is 0 Å². The maximum atomic E-state index is 13.6. The predicted octanol–water partition coefficient (Wildman–Crippen LogP) is 4.06. The zero-order chi connectivity index (χ0) is 14.0. The van der Waals surface area contributed by atoms with E-state index in [1.54, 1.807) is 12.1 Å². The largest absolute Gasteiger partial charge is 0.309 e. The van der Waals surface area contributed by atoms with E-state index in [4.69, 9.17) is 0 Å². The molecule has 1 unspecified atom stereocenters. The molecular formula is C17H20FN. The fraction of sp³-hybridized carbons (Fsp3) is 0.294. The first-order valence-electron chi connectivity index (χ1n) is 6.53. The van der Waals surface area contributed by atoms with Crippen LogP contribution in [0.1, 0.15) is 33.9 Å². The van der Waals surface area contributed by atoms with Gasteiger partial charge in [0.25, 0.3) is 0 Å². The summed E-state index contributed by atoms with van der Waals surface area (Å²) < 4.78 is 13.6. The van der Waals surface area contributed by atoms with Crippen LogP contribution in [0.5, 0.6) is 0 Å². The van der Waals surface area contributed by atoms with Gasteiger partial charge in [-0.15, -0.1) is 0 Å². The van der Waals surface area contributed by atoms with Crippen molar-refractivity contribution in [3.8, 4) is 0 Å². The highest BCUT2D eigenvalue weighted by Gasteiger charge is 2.15. The molecule has 0 aliphatic heterocycles. The number of nitrogens with one attached hydrogen (secondary N) is 1. The lowest BCUT2D eigenvalue weighted by Crippen LogP contribution is -2.19. The van der Waals surface area contributed by atoms with E-state index in [1.807, 2.05) is 26.1 Å². The van der Waals surface area contributed by atoms with Crippen molar-refractivity contribution in [2.75, 3.05) is 7.05 Å². The predicted molar refractivity (Wildman–Crippen MR) is 78.0 cm³/mol. The SMILES string of the molecule is CNC(c1cc(C)cc(F)c1)c1cccc(C)c1C. The minimum Gasteiger partial charge on any atom is -0.309 e. The molecule has 2 aromatic carbocycles. The smallest absolute Gasteiger partial charge is 0.123 e. The molecule has 19 heavy (non-hydrogen) atoms. The van der Waals surface area contributed by atoms with Gasteiger partial charge < -0.3 is 5.32 Å². The van der Waals surface area contributed by atoms with Crippen LogP contribution in [-0.2, 0) is 0 Å². The second kappa shape index (κ2) is 5.54.